The Morgan fingerprint density at radius 1 is 1.00 bits per heavy atom. The number of ketones is 1. The van der Waals surface area contributed by atoms with Gasteiger partial charge in [-0.2, -0.15) is 0 Å². The Hall–Kier alpha value is -5.92. The number of amides is 1. The number of hydrogen-bond donors (Lipinski definition) is 6. The van der Waals surface area contributed by atoms with Gasteiger partial charge in [0.1, 0.15) is 41.7 Å². The monoisotopic (exact) mass is 975 g/mol. The average Bonchev–Trinajstić information content (AvgIpc) is 4.13. The number of aryl methyl sites for hydroxylation is 1. The second-order valence-electron chi connectivity index (χ2n) is 21.6. The van der Waals surface area contributed by atoms with Gasteiger partial charge in [0.15, 0.2) is 17.5 Å². The predicted octanol–water partition coefficient (Wildman–Crippen LogP) is 7.49. The molecule has 4 aliphatic heterocycles. The number of fused-ring (bicyclic) bond motifs is 8. The largest absolute Gasteiger partial charge is 0.506 e. The number of aromatic amines is 1. The van der Waals surface area contributed by atoms with Gasteiger partial charge in [0, 0.05) is 59.3 Å². The van der Waals surface area contributed by atoms with Gasteiger partial charge in [-0.15, -0.1) is 0 Å². The van der Waals surface area contributed by atoms with Gasteiger partial charge in [-0.1, -0.05) is 55.9 Å². The molecule has 1 amide bonds. The van der Waals surface area contributed by atoms with E-state index in [0.29, 0.717) is 41.8 Å². The van der Waals surface area contributed by atoms with Gasteiger partial charge in [-0.05, 0) is 120 Å². The third-order valence-corrected chi connectivity index (χ3v) is 17.6. The second-order valence-corrected chi connectivity index (χ2v) is 21.6. The van der Waals surface area contributed by atoms with Crippen LogP contribution in [0.4, 0.5) is 0 Å². The maximum atomic E-state index is 15.4. The predicted molar refractivity (Wildman–Crippen MR) is 267 cm³/mol. The summed E-state index contributed by atoms with van der Waals surface area (Å²) in [4.78, 5) is 34.6. The van der Waals surface area contributed by atoms with Crippen LogP contribution in [0.3, 0.4) is 0 Å². The first-order valence-corrected chi connectivity index (χ1v) is 26.1. The maximum Gasteiger partial charge on any atom is 0.254 e. The Balaban J connectivity index is 1.04. The molecule has 0 unspecified atom stereocenters. The number of carbonyl (C=O) groups excluding carboxylic acids is 2. The van der Waals surface area contributed by atoms with Gasteiger partial charge in [-0.3, -0.25) is 9.59 Å². The lowest BCUT2D eigenvalue weighted by molar-refractivity contribution is -0.328. The van der Waals surface area contributed by atoms with Crippen molar-refractivity contribution < 1.29 is 53.7 Å². The highest BCUT2D eigenvalue weighted by molar-refractivity contribution is 6.14. The van der Waals surface area contributed by atoms with Crippen LogP contribution in [0.15, 0.2) is 48.7 Å². The molecular weight excluding hydrogens is 915 g/mol. The number of methoxy groups -OCH3 is 1. The molecule has 4 aliphatic carbocycles. The van der Waals surface area contributed by atoms with E-state index in [4.69, 9.17) is 23.7 Å². The number of aromatic nitrogens is 1. The molecule has 5 aromatic rings. The van der Waals surface area contributed by atoms with Crippen LogP contribution in [0.5, 0.6) is 17.2 Å². The van der Waals surface area contributed by atoms with Crippen molar-refractivity contribution in [3.63, 3.8) is 0 Å². The van der Waals surface area contributed by atoms with Crippen LogP contribution >= 0.6 is 0 Å². The van der Waals surface area contributed by atoms with E-state index in [-0.39, 0.29) is 72.1 Å². The van der Waals surface area contributed by atoms with Crippen molar-refractivity contribution in [2.24, 2.45) is 5.92 Å². The second kappa shape index (κ2) is 17.9. The first kappa shape index (κ1) is 45.9. The van der Waals surface area contributed by atoms with Crippen LogP contribution in [0.2, 0.25) is 0 Å². The summed E-state index contributed by atoms with van der Waals surface area (Å²) in [5, 5.41) is 55.3. The van der Waals surface area contributed by atoms with E-state index in [1.807, 2.05) is 24.4 Å². The number of hydrogen-bond acceptors (Lipinski definition) is 12. The zero-order valence-corrected chi connectivity index (χ0v) is 40.5. The van der Waals surface area contributed by atoms with Crippen LogP contribution in [0, 0.1) is 17.9 Å². The fraction of sp³-hybridized carbons (Fsp3) is 0.483. The Labute approximate surface area is 417 Å². The SMILES string of the molecule is COc1c2c3c4c(O)c(c5c6c4c1CC[C@@H]6C[C@H]1CCC[C@@H]51)C(=O)CN1Cc4c(cccc4C1=O)CC#CO[C@H]1[C@H](O)[C@@H](CO[C@@H](c4c[nH]c5ccc(CNC6CCCCC6)cc45)/C=C/2)O[C@H](O3)[C@@]1(O)CO. The van der Waals surface area contributed by atoms with Crippen LogP contribution in [0.1, 0.15) is 147 Å². The lowest BCUT2D eigenvalue weighted by Gasteiger charge is -2.48. The van der Waals surface area contributed by atoms with Crippen LogP contribution in [0.25, 0.3) is 27.8 Å². The number of aromatic hydroxyl groups is 1. The molecule has 8 bridgehead atoms. The number of ether oxygens (including phenoxy) is 5. The van der Waals surface area contributed by atoms with E-state index in [1.54, 1.807) is 24.1 Å². The minimum atomic E-state index is -2.44. The van der Waals surface area contributed by atoms with Crippen molar-refractivity contribution in [3.05, 3.63) is 104 Å². The summed E-state index contributed by atoms with van der Waals surface area (Å²) in [6.07, 6.45) is 13.0. The summed E-state index contributed by atoms with van der Waals surface area (Å²) in [6, 6.07) is 12.3. The zero-order chi connectivity index (χ0) is 49.0. The smallest absolute Gasteiger partial charge is 0.254 e. The van der Waals surface area contributed by atoms with E-state index in [9.17, 15) is 25.2 Å². The van der Waals surface area contributed by atoms with Crippen LogP contribution < -0.4 is 14.8 Å². The van der Waals surface area contributed by atoms with Gasteiger partial charge in [-0.25, -0.2) is 0 Å². The first-order valence-electron chi connectivity index (χ1n) is 26.1. The molecule has 0 radical (unpaired) electrons. The number of phenols is 1. The molecule has 14 nitrogen and oxygen atoms in total. The molecule has 6 N–H and O–H groups in total. The van der Waals surface area contributed by atoms with E-state index in [2.05, 4.69) is 40.5 Å². The van der Waals surface area contributed by atoms with Crippen molar-refractivity contribution in [2.45, 2.75) is 144 Å². The van der Waals surface area contributed by atoms with Crippen LogP contribution in [-0.2, 0) is 40.1 Å². The molecule has 1 aromatic heterocycles. The van der Waals surface area contributed by atoms with Gasteiger partial charge in [0.05, 0.1) is 43.4 Å². The summed E-state index contributed by atoms with van der Waals surface area (Å²) in [7, 11) is 1.60. The number of rotatable bonds is 6. The van der Waals surface area contributed by atoms with Crippen LogP contribution in [-0.4, -0.2) is 105 Å². The van der Waals surface area contributed by atoms with E-state index in [1.165, 1.54) is 32.1 Å². The van der Waals surface area contributed by atoms with Gasteiger partial charge < -0.3 is 59.3 Å². The number of H-pyrrole nitrogens is 1. The molecule has 4 aromatic carbocycles. The topological polar surface area (TPSA) is 192 Å². The third kappa shape index (κ3) is 7.21. The number of benzene rings is 4. The molecule has 3 fully saturated rings. The Kier molecular flexibility index (Phi) is 11.4. The fourth-order valence-corrected chi connectivity index (χ4v) is 14.1. The molecular formula is C58H61N3O11. The lowest BCUT2D eigenvalue weighted by atomic mass is 9.64. The van der Waals surface area contributed by atoms with Gasteiger partial charge >= 0.3 is 0 Å². The summed E-state index contributed by atoms with van der Waals surface area (Å²) in [5.74, 6) is 3.04. The zero-order valence-electron chi connectivity index (χ0n) is 40.5. The highest BCUT2D eigenvalue weighted by Crippen LogP contribution is 2.62. The quantitative estimate of drug-likeness (QED) is 0.0921. The number of Topliss-reactive ketones (excluding diaryl/α,β-unsaturated/α-hetero) is 1. The van der Waals surface area contributed by atoms with Crippen molar-refractivity contribution in [3.8, 4) is 29.3 Å². The van der Waals surface area contributed by atoms with Gasteiger partial charge in [0.2, 0.25) is 6.29 Å². The molecule has 1 saturated heterocycles. The molecule has 2 saturated carbocycles. The normalized spacial score (nSPS) is 30.1. The highest BCUT2D eigenvalue weighted by atomic mass is 16.7. The minimum absolute atomic E-state index is 0.0222. The van der Waals surface area contributed by atoms with Crippen molar-refractivity contribution >= 4 is 39.4 Å². The Morgan fingerprint density at radius 2 is 1.88 bits per heavy atom. The number of nitrogens with zero attached hydrogens (tertiary/aromatic N) is 1. The molecule has 0 spiro atoms. The molecule has 72 heavy (non-hydrogen) atoms. The summed E-state index contributed by atoms with van der Waals surface area (Å²) in [5.41, 5.74) is 5.69. The van der Waals surface area contributed by atoms with Crippen molar-refractivity contribution in [1.82, 2.24) is 15.2 Å². The van der Waals surface area contributed by atoms with Crippen molar-refractivity contribution in [1.29, 1.82) is 0 Å². The van der Waals surface area contributed by atoms with Gasteiger partial charge in [0.25, 0.3) is 5.91 Å². The minimum Gasteiger partial charge on any atom is -0.506 e. The standard InChI is InChI=1S/C58H61N3O11/c1-68-53-37-17-16-33-23-32-9-6-13-35(32)47-46(33)48(37)50-52(65)49(47)43(63)27-61-26-41-31(8-5-14-36(41)56(61)66)10-7-21-69-55-51(64)45-28-70-44(20-18-38(53)54(50)72-57(71-45)58(55,67)29-62)40-25-60-42-19-15-30(22-39(40)42)24-59-34-11-3-2-4-12-34/h5,8,14-15,18-20,22,25,32-35,44-45,51,55,57,59-60,62,64-65,67H,2-4,6,9-13,16-17,23-24,26-29H2,1H3/b20-18+/t32-,33-,35-,44-,45-,51-,55+,57-,58-/m1/s1. The number of nitrogens with one attached hydrogen (secondary N) is 2. The van der Waals surface area contributed by atoms with Crippen molar-refractivity contribution in [2.75, 3.05) is 26.9 Å². The number of aliphatic hydroxyl groups excluding tert-OH is 2. The maximum absolute atomic E-state index is 15.4. The molecule has 13 rings (SSSR count). The summed E-state index contributed by atoms with van der Waals surface area (Å²) >= 11 is 0. The molecule has 5 heterocycles. The third-order valence-electron chi connectivity index (χ3n) is 17.6. The van der Waals surface area contributed by atoms with E-state index >= 15 is 4.79 Å². The molecule has 374 valence electrons. The lowest BCUT2D eigenvalue weighted by Crippen LogP contribution is -2.70. The number of phenolic OH excluding ortho intramolecular Hbond substituents is 1. The average molecular weight is 976 g/mol. The molecule has 8 aliphatic rings. The summed E-state index contributed by atoms with van der Waals surface area (Å²) in [6.45, 7) is -0.559. The molecule has 14 heteroatoms. The Morgan fingerprint density at radius 3 is 2.72 bits per heavy atom. The fourth-order valence-electron chi connectivity index (χ4n) is 14.1. The number of aliphatic hydroxyl groups is 3. The van der Waals surface area contributed by atoms with E-state index in [0.717, 1.165) is 87.3 Å². The number of carbonyl (C=O) groups is 2. The first-order chi connectivity index (χ1) is 35.1. The Bertz CT molecular complexity index is 3140. The summed E-state index contributed by atoms with van der Waals surface area (Å²) < 4.78 is 33.1. The highest BCUT2D eigenvalue weighted by Gasteiger charge is 2.59. The molecule has 9 atom stereocenters. The van der Waals surface area contributed by atoms with E-state index < -0.39 is 42.9 Å².